The Morgan fingerprint density at radius 3 is 1.89 bits per heavy atom. The van der Waals surface area contributed by atoms with Crippen molar-refractivity contribution in [2.75, 3.05) is 7.05 Å². The molecule has 0 aliphatic carbocycles. The van der Waals surface area contributed by atoms with Gasteiger partial charge in [-0.25, -0.2) is 9.97 Å². The van der Waals surface area contributed by atoms with Crippen LogP contribution in [0.4, 0.5) is 0 Å². The summed E-state index contributed by atoms with van der Waals surface area (Å²) in [6, 6.07) is 38.5. The predicted octanol–water partition coefficient (Wildman–Crippen LogP) is 8.84. The zero-order valence-corrected chi connectivity index (χ0v) is 24.4. The normalized spacial score (nSPS) is 12.4. The number of fused-ring (bicyclic) bond motifs is 6. The summed E-state index contributed by atoms with van der Waals surface area (Å²) in [6.45, 7) is 2.05. The highest BCUT2D eigenvalue weighted by molar-refractivity contribution is 6.12. The smallest absolute Gasteiger partial charge is 0.162 e. The Bertz CT molecular complexity index is 2360. The summed E-state index contributed by atoms with van der Waals surface area (Å²) in [5, 5.41) is 4.83. The molecule has 210 valence electrons. The highest BCUT2D eigenvalue weighted by Crippen LogP contribution is 2.37. The summed E-state index contributed by atoms with van der Waals surface area (Å²) in [6.07, 6.45) is 7.31. The third-order valence-electron chi connectivity index (χ3n) is 8.25. The molecule has 0 atom stereocenters. The minimum atomic E-state index is 0.647. The Morgan fingerprint density at radius 1 is 0.636 bits per heavy atom. The summed E-state index contributed by atoms with van der Waals surface area (Å²) < 4.78 is 4.61. The Kier molecular flexibility index (Phi) is 6.12. The lowest BCUT2D eigenvalue weighted by Gasteiger charge is -2.12. The minimum Gasteiger partial charge on any atom is -0.309 e. The fourth-order valence-corrected chi connectivity index (χ4v) is 6.20. The molecule has 0 N–H and O–H groups in total. The maximum absolute atomic E-state index is 5.12. The van der Waals surface area contributed by atoms with Crippen molar-refractivity contribution in [1.29, 1.82) is 0 Å². The molecule has 8 rings (SSSR count). The van der Waals surface area contributed by atoms with E-state index in [4.69, 9.17) is 9.97 Å². The summed E-state index contributed by atoms with van der Waals surface area (Å²) in [5.74, 6) is 1.45. The molecule has 0 spiro atoms. The van der Waals surface area contributed by atoms with Crippen LogP contribution in [-0.4, -0.2) is 37.3 Å². The Labute approximate surface area is 254 Å². The van der Waals surface area contributed by atoms with E-state index in [9.17, 15) is 0 Å². The van der Waals surface area contributed by atoms with Gasteiger partial charge in [-0.05, 0) is 67.1 Å². The number of rotatable bonds is 5. The van der Waals surface area contributed by atoms with Gasteiger partial charge in [-0.2, -0.15) is 0 Å². The van der Waals surface area contributed by atoms with Crippen LogP contribution < -0.4 is 0 Å². The minimum absolute atomic E-state index is 0.647. The van der Waals surface area contributed by atoms with E-state index in [2.05, 4.69) is 116 Å². The molecule has 4 aromatic heterocycles. The number of allylic oxidation sites excluding steroid dienone is 2. The van der Waals surface area contributed by atoms with Crippen LogP contribution in [0, 0.1) is 0 Å². The van der Waals surface area contributed by atoms with Crippen LogP contribution in [0.2, 0.25) is 0 Å². The first-order valence-electron chi connectivity index (χ1n) is 14.6. The topological polar surface area (TPSA) is 60.9 Å². The van der Waals surface area contributed by atoms with E-state index in [0.29, 0.717) is 5.82 Å². The van der Waals surface area contributed by atoms with E-state index in [0.717, 1.165) is 44.8 Å². The van der Waals surface area contributed by atoms with Crippen molar-refractivity contribution in [3.05, 3.63) is 133 Å². The van der Waals surface area contributed by atoms with Crippen molar-refractivity contribution in [3.63, 3.8) is 0 Å². The molecule has 0 unspecified atom stereocenters. The monoisotopic (exact) mass is 568 g/mol. The first-order valence-corrected chi connectivity index (χ1v) is 14.6. The predicted molar refractivity (Wildman–Crippen MR) is 182 cm³/mol. The molecular weight excluding hydrogens is 540 g/mol. The van der Waals surface area contributed by atoms with Crippen LogP contribution in [0.5, 0.6) is 0 Å². The number of nitrogens with zero attached hydrogens (tertiary/aromatic N) is 6. The van der Waals surface area contributed by atoms with Crippen molar-refractivity contribution in [2.45, 2.75) is 6.92 Å². The average Bonchev–Trinajstić information content (AvgIpc) is 3.60. The number of aliphatic imine (C=N–C) groups is 1. The second-order valence-corrected chi connectivity index (χ2v) is 10.9. The van der Waals surface area contributed by atoms with Gasteiger partial charge in [-0.1, -0.05) is 54.6 Å². The van der Waals surface area contributed by atoms with Gasteiger partial charge in [0.15, 0.2) is 5.82 Å². The molecule has 0 aliphatic rings. The Balaban J connectivity index is 1.40. The SMILES string of the molecule is CN=C/C=C(\C)c1cc(-n2c3ccccc3c3cc(-n4c5ccccc5c5ccccc54)ccc32)nc(-c2ccncc2)n1. The van der Waals surface area contributed by atoms with Crippen LogP contribution in [0.1, 0.15) is 12.6 Å². The molecule has 0 saturated heterocycles. The summed E-state index contributed by atoms with van der Waals surface area (Å²) in [5.41, 5.74) is 8.43. The van der Waals surface area contributed by atoms with Gasteiger partial charge in [0.1, 0.15) is 5.82 Å². The second kappa shape index (κ2) is 10.4. The first kappa shape index (κ1) is 25.8. The molecule has 6 heteroatoms. The van der Waals surface area contributed by atoms with E-state index in [1.54, 1.807) is 25.7 Å². The summed E-state index contributed by atoms with van der Waals surface area (Å²) in [4.78, 5) is 18.4. The zero-order chi connectivity index (χ0) is 29.6. The van der Waals surface area contributed by atoms with Crippen LogP contribution in [0.25, 0.3) is 72.1 Å². The van der Waals surface area contributed by atoms with Crippen molar-refractivity contribution < 1.29 is 0 Å². The van der Waals surface area contributed by atoms with Crippen molar-refractivity contribution >= 4 is 55.4 Å². The van der Waals surface area contributed by atoms with Crippen LogP contribution in [0.15, 0.2) is 133 Å². The molecule has 6 nitrogen and oxygen atoms in total. The number of hydrogen-bond acceptors (Lipinski definition) is 4. The molecule has 0 radical (unpaired) electrons. The molecule has 0 saturated carbocycles. The van der Waals surface area contributed by atoms with Gasteiger partial charge in [-0.3, -0.25) is 14.5 Å². The number of pyridine rings is 1. The van der Waals surface area contributed by atoms with Crippen LogP contribution in [-0.2, 0) is 0 Å². The van der Waals surface area contributed by atoms with Crippen LogP contribution >= 0.6 is 0 Å². The third kappa shape index (κ3) is 4.11. The molecule has 4 aromatic carbocycles. The number of para-hydroxylation sites is 3. The van der Waals surface area contributed by atoms with Crippen LogP contribution in [0.3, 0.4) is 0 Å². The maximum atomic E-state index is 5.12. The number of benzene rings is 4. The van der Waals surface area contributed by atoms with E-state index < -0.39 is 0 Å². The molecule has 4 heterocycles. The number of hydrogen-bond donors (Lipinski definition) is 0. The lowest BCUT2D eigenvalue weighted by atomic mass is 10.1. The van der Waals surface area contributed by atoms with Gasteiger partial charge < -0.3 is 4.57 Å². The molecule has 8 aromatic rings. The fourth-order valence-electron chi connectivity index (χ4n) is 6.20. The molecule has 0 aliphatic heterocycles. The average molecular weight is 569 g/mol. The van der Waals surface area contributed by atoms with E-state index in [1.165, 1.54) is 27.2 Å². The molecular formula is C38H28N6. The Morgan fingerprint density at radius 2 is 1.23 bits per heavy atom. The second-order valence-electron chi connectivity index (χ2n) is 10.9. The van der Waals surface area contributed by atoms with Crippen molar-refractivity contribution in [3.8, 4) is 22.9 Å². The summed E-state index contributed by atoms with van der Waals surface area (Å²) in [7, 11) is 1.77. The zero-order valence-electron chi connectivity index (χ0n) is 24.4. The van der Waals surface area contributed by atoms with Crippen molar-refractivity contribution in [1.82, 2.24) is 24.1 Å². The highest BCUT2D eigenvalue weighted by atomic mass is 15.1. The lowest BCUT2D eigenvalue weighted by molar-refractivity contribution is 1.03. The Hall–Kier alpha value is -5.88. The van der Waals surface area contributed by atoms with Gasteiger partial charge in [0.05, 0.1) is 27.8 Å². The first-order chi connectivity index (χ1) is 21.7. The van der Waals surface area contributed by atoms with Gasteiger partial charge in [0.25, 0.3) is 0 Å². The van der Waals surface area contributed by atoms with E-state index in [1.807, 2.05) is 25.1 Å². The van der Waals surface area contributed by atoms with Gasteiger partial charge in [-0.15, -0.1) is 0 Å². The molecule has 0 fully saturated rings. The van der Waals surface area contributed by atoms with Gasteiger partial charge >= 0.3 is 0 Å². The quantitative estimate of drug-likeness (QED) is 0.195. The highest BCUT2D eigenvalue weighted by Gasteiger charge is 2.18. The summed E-state index contributed by atoms with van der Waals surface area (Å²) >= 11 is 0. The number of aromatic nitrogens is 5. The molecule has 0 amide bonds. The van der Waals surface area contributed by atoms with Gasteiger partial charge in [0, 0.05) is 64.5 Å². The van der Waals surface area contributed by atoms with Crippen molar-refractivity contribution in [2.24, 2.45) is 4.99 Å². The van der Waals surface area contributed by atoms with E-state index >= 15 is 0 Å². The molecule has 44 heavy (non-hydrogen) atoms. The van der Waals surface area contributed by atoms with Gasteiger partial charge in [0.2, 0.25) is 0 Å². The third-order valence-corrected chi connectivity index (χ3v) is 8.25. The fraction of sp³-hybridized carbons (Fsp3) is 0.0526. The lowest BCUT2D eigenvalue weighted by Crippen LogP contribution is -2.03. The van der Waals surface area contributed by atoms with E-state index in [-0.39, 0.29) is 0 Å². The molecule has 0 bridgehead atoms. The standard InChI is InChI=1S/C38H28N6/c1-25(17-20-39-2)32-24-37(42-38(41-32)26-18-21-40-22-19-26)44-35-14-8-5-11-30(35)31-23-27(15-16-36(31)44)43-33-12-6-3-9-28(33)29-10-4-7-13-34(29)43/h3-24H,1-2H3/b25-17+,39-20?. The largest absolute Gasteiger partial charge is 0.309 e. The maximum Gasteiger partial charge on any atom is 0.162 e.